The molecule has 1 saturated heterocycles. The Kier molecular flexibility index (Phi) is 2.98. The van der Waals surface area contributed by atoms with Gasteiger partial charge in [0.1, 0.15) is 0 Å². The van der Waals surface area contributed by atoms with Crippen molar-refractivity contribution in [3.63, 3.8) is 0 Å². The Morgan fingerprint density at radius 2 is 2.53 bits per heavy atom. The summed E-state index contributed by atoms with van der Waals surface area (Å²) in [7, 11) is 0. The summed E-state index contributed by atoms with van der Waals surface area (Å²) in [5.41, 5.74) is -0.807. The number of hydrogen-bond donors (Lipinski definition) is 1. The largest absolute Gasteiger partial charge is 0.313 e. The van der Waals surface area contributed by atoms with Crippen molar-refractivity contribution in [3.05, 3.63) is 16.9 Å². The van der Waals surface area contributed by atoms with Gasteiger partial charge in [0.2, 0.25) is 0 Å². The van der Waals surface area contributed by atoms with Gasteiger partial charge in [-0.05, 0) is 13.0 Å². The number of hydrogen-bond acceptors (Lipinski definition) is 2. The Morgan fingerprint density at radius 3 is 3.13 bits per heavy atom. The first-order valence-electron chi connectivity index (χ1n) is 5.29. The molecule has 1 unspecified atom stereocenters. The Labute approximate surface area is 93.6 Å². The first kappa shape index (κ1) is 10.9. The van der Waals surface area contributed by atoms with Crippen LogP contribution in [-0.2, 0) is 12.2 Å². The minimum absolute atomic E-state index is 0.335. The highest BCUT2D eigenvalue weighted by Crippen LogP contribution is 2.36. The number of nitrogens with one attached hydrogen (secondary N) is 1. The molecule has 0 saturated carbocycles. The first-order chi connectivity index (χ1) is 7.17. The predicted octanol–water partition coefficient (Wildman–Crippen LogP) is 2.10. The summed E-state index contributed by atoms with van der Waals surface area (Å²) >= 11 is 6.00. The van der Waals surface area contributed by atoms with E-state index in [9.17, 15) is 4.39 Å². The summed E-state index contributed by atoms with van der Waals surface area (Å²) in [6, 6.07) is 0. The molecule has 1 atom stereocenters. The molecule has 0 amide bonds. The third-order valence-corrected chi connectivity index (χ3v) is 3.03. The topological polar surface area (TPSA) is 29.9 Å². The highest BCUT2D eigenvalue weighted by atomic mass is 35.5. The number of alkyl halides is 1. The van der Waals surface area contributed by atoms with Gasteiger partial charge >= 0.3 is 0 Å². The third-order valence-electron chi connectivity index (χ3n) is 2.76. The van der Waals surface area contributed by atoms with Crippen molar-refractivity contribution >= 4 is 11.6 Å². The second-order valence-electron chi connectivity index (χ2n) is 3.96. The van der Waals surface area contributed by atoms with Gasteiger partial charge in [-0.3, -0.25) is 4.68 Å². The van der Waals surface area contributed by atoms with E-state index in [4.69, 9.17) is 11.6 Å². The molecular weight excluding hydrogens is 217 g/mol. The molecule has 1 aromatic heterocycles. The molecule has 2 heterocycles. The zero-order valence-corrected chi connectivity index (χ0v) is 9.52. The van der Waals surface area contributed by atoms with Gasteiger partial charge < -0.3 is 5.32 Å². The molecule has 0 aliphatic carbocycles. The maximum Gasteiger partial charge on any atom is 0.167 e. The lowest BCUT2D eigenvalue weighted by Gasteiger charge is -2.20. The van der Waals surface area contributed by atoms with Crippen LogP contribution in [0.25, 0.3) is 0 Å². The molecule has 0 aromatic carbocycles. The van der Waals surface area contributed by atoms with Crippen LogP contribution in [0, 0.1) is 0 Å². The minimum Gasteiger partial charge on any atom is -0.313 e. The Balaban J connectivity index is 2.36. The van der Waals surface area contributed by atoms with Crippen molar-refractivity contribution in [1.29, 1.82) is 0 Å². The van der Waals surface area contributed by atoms with Gasteiger partial charge in [-0.15, -0.1) is 0 Å². The van der Waals surface area contributed by atoms with Crippen LogP contribution in [0.3, 0.4) is 0 Å². The summed E-state index contributed by atoms with van der Waals surface area (Å²) in [4.78, 5) is 0. The number of halogens is 2. The third kappa shape index (κ3) is 1.88. The number of aryl methyl sites for hydroxylation is 1. The lowest BCUT2D eigenvalue weighted by Crippen LogP contribution is -2.27. The molecule has 15 heavy (non-hydrogen) atoms. The van der Waals surface area contributed by atoms with Crippen LogP contribution in [0.1, 0.15) is 25.5 Å². The molecule has 1 fully saturated rings. The van der Waals surface area contributed by atoms with Crippen LogP contribution < -0.4 is 5.32 Å². The monoisotopic (exact) mass is 231 g/mol. The first-order valence-corrected chi connectivity index (χ1v) is 5.66. The van der Waals surface area contributed by atoms with Gasteiger partial charge in [0, 0.05) is 19.5 Å². The molecule has 1 aromatic rings. The molecule has 0 radical (unpaired) electrons. The summed E-state index contributed by atoms with van der Waals surface area (Å²) in [6.07, 6.45) is 2.93. The van der Waals surface area contributed by atoms with Crippen LogP contribution in [0.4, 0.5) is 4.39 Å². The Morgan fingerprint density at radius 1 is 1.73 bits per heavy atom. The number of aromatic nitrogens is 2. The fourth-order valence-corrected chi connectivity index (χ4v) is 2.36. The van der Waals surface area contributed by atoms with Crippen LogP contribution >= 0.6 is 11.6 Å². The second-order valence-corrected chi connectivity index (χ2v) is 4.36. The van der Waals surface area contributed by atoms with Crippen molar-refractivity contribution in [2.75, 3.05) is 13.1 Å². The van der Waals surface area contributed by atoms with Gasteiger partial charge in [-0.25, -0.2) is 4.39 Å². The fourth-order valence-electron chi connectivity index (χ4n) is 2.05. The Hall–Kier alpha value is -0.610. The van der Waals surface area contributed by atoms with E-state index in [1.165, 1.54) is 6.20 Å². The molecule has 1 aliphatic rings. The van der Waals surface area contributed by atoms with E-state index in [-0.39, 0.29) is 0 Å². The molecule has 0 bridgehead atoms. The van der Waals surface area contributed by atoms with E-state index in [0.29, 0.717) is 36.8 Å². The van der Waals surface area contributed by atoms with Gasteiger partial charge in [0.05, 0.1) is 16.9 Å². The quantitative estimate of drug-likeness (QED) is 0.864. The van der Waals surface area contributed by atoms with Gasteiger partial charge in [0.15, 0.2) is 5.67 Å². The van der Waals surface area contributed by atoms with E-state index >= 15 is 0 Å². The molecule has 3 nitrogen and oxygen atoms in total. The molecular formula is C10H15ClFN3. The smallest absolute Gasteiger partial charge is 0.167 e. The standard InChI is InChI=1S/C10H15ClFN3/c1-2-5-15-9(8(11)6-14-15)10(12)3-4-13-7-10/h6,13H,2-5,7H2,1H3. The number of nitrogens with zero attached hydrogens (tertiary/aromatic N) is 2. The van der Waals surface area contributed by atoms with Crippen LogP contribution in [0.2, 0.25) is 5.02 Å². The van der Waals surface area contributed by atoms with Crippen LogP contribution in [0.5, 0.6) is 0 Å². The van der Waals surface area contributed by atoms with E-state index in [2.05, 4.69) is 10.4 Å². The summed E-state index contributed by atoms with van der Waals surface area (Å²) in [6.45, 7) is 3.79. The molecule has 1 aliphatic heterocycles. The zero-order valence-electron chi connectivity index (χ0n) is 8.76. The normalized spacial score (nSPS) is 26.1. The van der Waals surface area contributed by atoms with Crippen molar-refractivity contribution < 1.29 is 4.39 Å². The van der Waals surface area contributed by atoms with Crippen LogP contribution in [-0.4, -0.2) is 22.9 Å². The maximum atomic E-state index is 14.5. The molecule has 0 spiro atoms. The predicted molar refractivity (Wildman–Crippen MR) is 57.8 cm³/mol. The molecule has 84 valence electrons. The molecule has 5 heteroatoms. The van der Waals surface area contributed by atoms with Crippen molar-refractivity contribution in [1.82, 2.24) is 15.1 Å². The van der Waals surface area contributed by atoms with Gasteiger partial charge in [0.25, 0.3) is 0 Å². The summed E-state index contributed by atoms with van der Waals surface area (Å²) in [5.74, 6) is 0. The molecule has 1 N–H and O–H groups in total. The average Bonchev–Trinajstić information content (AvgIpc) is 2.75. The van der Waals surface area contributed by atoms with E-state index in [0.717, 1.165) is 6.42 Å². The fraction of sp³-hybridized carbons (Fsp3) is 0.700. The van der Waals surface area contributed by atoms with E-state index in [1.807, 2.05) is 6.92 Å². The SMILES string of the molecule is CCCn1ncc(Cl)c1C1(F)CCNC1. The van der Waals surface area contributed by atoms with Crippen LogP contribution in [0.15, 0.2) is 6.20 Å². The van der Waals surface area contributed by atoms with Gasteiger partial charge in [-0.1, -0.05) is 18.5 Å². The summed E-state index contributed by atoms with van der Waals surface area (Å²) < 4.78 is 16.2. The summed E-state index contributed by atoms with van der Waals surface area (Å²) in [5, 5.41) is 7.57. The van der Waals surface area contributed by atoms with E-state index in [1.54, 1.807) is 4.68 Å². The highest BCUT2D eigenvalue weighted by molar-refractivity contribution is 6.31. The number of rotatable bonds is 3. The van der Waals surface area contributed by atoms with Crippen molar-refractivity contribution in [2.24, 2.45) is 0 Å². The lowest BCUT2D eigenvalue weighted by molar-refractivity contribution is 0.177. The zero-order chi connectivity index (χ0) is 10.9. The van der Waals surface area contributed by atoms with E-state index < -0.39 is 5.67 Å². The van der Waals surface area contributed by atoms with Crippen molar-refractivity contribution in [3.8, 4) is 0 Å². The second kappa shape index (κ2) is 4.10. The van der Waals surface area contributed by atoms with Crippen molar-refractivity contribution in [2.45, 2.75) is 32.0 Å². The lowest BCUT2D eigenvalue weighted by atomic mass is 10.0. The highest BCUT2D eigenvalue weighted by Gasteiger charge is 2.40. The maximum absolute atomic E-state index is 14.5. The average molecular weight is 232 g/mol. The molecule has 2 rings (SSSR count). The Bertz CT molecular complexity index is 344. The van der Waals surface area contributed by atoms with Gasteiger partial charge in [-0.2, -0.15) is 5.10 Å². The minimum atomic E-state index is -1.34.